The Morgan fingerprint density at radius 3 is 3.12 bits per heavy atom. The number of hydrogen-bond acceptors (Lipinski definition) is 3. The fourth-order valence-corrected chi connectivity index (χ4v) is 2.17. The standard InChI is InChI=1S/C12H16BrNO2/c13-12-9(3-1-5-11(12)14)7-15-8-10-4-2-6-16-10/h1,3,5,10H,2,4,6-8,14H2. The molecule has 88 valence electrons. The van der Waals surface area contributed by atoms with Gasteiger partial charge in [-0.15, -0.1) is 0 Å². The molecule has 2 rings (SSSR count). The highest BCUT2D eigenvalue weighted by Gasteiger charge is 2.15. The topological polar surface area (TPSA) is 44.5 Å². The van der Waals surface area contributed by atoms with Gasteiger partial charge in [0.05, 0.1) is 19.3 Å². The third-order valence-electron chi connectivity index (χ3n) is 2.69. The van der Waals surface area contributed by atoms with Crippen LogP contribution in [0.1, 0.15) is 18.4 Å². The summed E-state index contributed by atoms with van der Waals surface area (Å²) in [6, 6.07) is 5.81. The molecule has 0 bridgehead atoms. The first-order chi connectivity index (χ1) is 7.77. The van der Waals surface area contributed by atoms with E-state index in [0.29, 0.717) is 13.2 Å². The van der Waals surface area contributed by atoms with Crippen molar-refractivity contribution in [3.8, 4) is 0 Å². The van der Waals surface area contributed by atoms with Gasteiger partial charge in [0.25, 0.3) is 0 Å². The van der Waals surface area contributed by atoms with Gasteiger partial charge in [0.2, 0.25) is 0 Å². The molecule has 0 spiro atoms. The van der Waals surface area contributed by atoms with Gasteiger partial charge in [-0.25, -0.2) is 0 Å². The minimum atomic E-state index is 0.278. The van der Waals surface area contributed by atoms with Gasteiger partial charge in [-0.05, 0) is 40.4 Å². The lowest BCUT2D eigenvalue weighted by Crippen LogP contribution is -2.14. The zero-order valence-corrected chi connectivity index (χ0v) is 10.7. The van der Waals surface area contributed by atoms with Crippen molar-refractivity contribution in [2.45, 2.75) is 25.6 Å². The van der Waals surface area contributed by atoms with Crippen molar-refractivity contribution in [1.82, 2.24) is 0 Å². The fraction of sp³-hybridized carbons (Fsp3) is 0.500. The molecule has 1 atom stereocenters. The molecule has 1 aliphatic heterocycles. The molecule has 4 heteroatoms. The quantitative estimate of drug-likeness (QED) is 0.866. The van der Waals surface area contributed by atoms with Crippen LogP contribution in [0.4, 0.5) is 5.69 Å². The lowest BCUT2D eigenvalue weighted by atomic mass is 10.2. The van der Waals surface area contributed by atoms with Crippen molar-refractivity contribution >= 4 is 21.6 Å². The molecule has 0 radical (unpaired) electrons. The number of anilines is 1. The number of nitrogen functional groups attached to an aromatic ring is 1. The zero-order chi connectivity index (χ0) is 11.4. The SMILES string of the molecule is Nc1cccc(COCC2CCCO2)c1Br. The minimum absolute atomic E-state index is 0.278. The second-order valence-electron chi connectivity index (χ2n) is 3.97. The van der Waals surface area contributed by atoms with Crippen LogP contribution in [0, 0.1) is 0 Å². The molecule has 1 heterocycles. The molecule has 1 unspecified atom stereocenters. The van der Waals surface area contributed by atoms with Crippen molar-refractivity contribution in [3.63, 3.8) is 0 Å². The van der Waals surface area contributed by atoms with E-state index in [1.54, 1.807) is 0 Å². The Hall–Kier alpha value is -0.580. The van der Waals surface area contributed by atoms with E-state index in [0.717, 1.165) is 35.2 Å². The average Bonchev–Trinajstić information content (AvgIpc) is 2.77. The van der Waals surface area contributed by atoms with E-state index in [2.05, 4.69) is 15.9 Å². The molecule has 2 N–H and O–H groups in total. The van der Waals surface area contributed by atoms with Gasteiger partial charge in [-0.2, -0.15) is 0 Å². The molecule has 1 aliphatic rings. The number of halogens is 1. The smallest absolute Gasteiger partial charge is 0.0809 e. The zero-order valence-electron chi connectivity index (χ0n) is 9.12. The Morgan fingerprint density at radius 1 is 1.50 bits per heavy atom. The summed E-state index contributed by atoms with van der Waals surface area (Å²) < 4.78 is 12.0. The van der Waals surface area contributed by atoms with E-state index in [-0.39, 0.29) is 6.10 Å². The summed E-state index contributed by atoms with van der Waals surface area (Å²) in [4.78, 5) is 0. The van der Waals surface area contributed by atoms with E-state index >= 15 is 0 Å². The van der Waals surface area contributed by atoms with Gasteiger partial charge in [-0.1, -0.05) is 12.1 Å². The lowest BCUT2D eigenvalue weighted by molar-refractivity contribution is 0.0104. The van der Waals surface area contributed by atoms with Crippen molar-refractivity contribution in [3.05, 3.63) is 28.2 Å². The Kier molecular flexibility index (Phi) is 4.21. The van der Waals surface area contributed by atoms with Gasteiger partial charge in [-0.3, -0.25) is 0 Å². The van der Waals surface area contributed by atoms with E-state index in [1.807, 2.05) is 18.2 Å². The summed E-state index contributed by atoms with van der Waals surface area (Å²) in [6.45, 7) is 2.11. The third-order valence-corrected chi connectivity index (χ3v) is 3.66. The van der Waals surface area contributed by atoms with Gasteiger partial charge in [0, 0.05) is 16.8 Å². The maximum absolute atomic E-state index is 5.79. The first-order valence-electron chi connectivity index (χ1n) is 5.49. The maximum Gasteiger partial charge on any atom is 0.0809 e. The molecule has 0 aliphatic carbocycles. The van der Waals surface area contributed by atoms with Crippen LogP contribution in [0.2, 0.25) is 0 Å². The maximum atomic E-state index is 5.79. The number of ether oxygens (including phenoxy) is 2. The molecule has 16 heavy (non-hydrogen) atoms. The summed E-state index contributed by atoms with van der Waals surface area (Å²) in [7, 11) is 0. The summed E-state index contributed by atoms with van der Waals surface area (Å²) in [5.74, 6) is 0. The number of nitrogens with two attached hydrogens (primary N) is 1. The van der Waals surface area contributed by atoms with Crippen LogP contribution >= 0.6 is 15.9 Å². The molecular weight excluding hydrogens is 270 g/mol. The van der Waals surface area contributed by atoms with Crippen molar-refractivity contribution < 1.29 is 9.47 Å². The van der Waals surface area contributed by atoms with E-state index < -0.39 is 0 Å². The monoisotopic (exact) mass is 285 g/mol. The summed E-state index contributed by atoms with van der Waals surface area (Å²) in [5.41, 5.74) is 7.62. The third kappa shape index (κ3) is 2.97. The van der Waals surface area contributed by atoms with Crippen molar-refractivity contribution in [2.75, 3.05) is 18.9 Å². The molecule has 1 aromatic carbocycles. The van der Waals surface area contributed by atoms with Gasteiger partial charge in [0.1, 0.15) is 0 Å². The summed E-state index contributed by atoms with van der Waals surface area (Å²) >= 11 is 3.46. The van der Waals surface area contributed by atoms with Crippen LogP contribution in [0.3, 0.4) is 0 Å². The van der Waals surface area contributed by atoms with Crippen LogP contribution in [0.15, 0.2) is 22.7 Å². The summed E-state index contributed by atoms with van der Waals surface area (Å²) in [5, 5.41) is 0. The first kappa shape index (κ1) is 11.9. The molecule has 1 saturated heterocycles. The number of hydrogen-bond donors (Lipinski definition) is 1. The Bertz CT molecular complexity index is 351. The Labute approximate surface area is 104 Å². The predicted molar refractivity (Wildman–Crippen MR) is 67.2 cm³/mol. The minimum Gasteiger partial charge on any atom is -0.398 e. The van der Waals surface area contributed by atoms with Gasteiger partial charge < -0.3 is 15.2 Å². The Morgan fingerprint density at radius 2 is 2.38 bits per heavy atom. The fourth-order valence-electron chi connectivity index (χ4n) is 1.79. The van der Waals surface area contributed by atoms with Gasteiger partial charge in [0.15, 0.2) is 0 Å². The highest BCUT2D eigenvalue weighted by atomic mass is 79.9. The van der Waals surface area contributed by atoms with E-state index in [1.165, 1.54) is 0 Å². The summed E-state index contributed by atoms with van der Waals surface area (Å²) in [6.07, 6.45) is 2.54. The van der Waals surface area contributed by atoms with Crippen LogP contribution in [-0.4, -0.2) is 19.3 Å². The lowest BCUT2D eigenvalue weighted by Gasteiger charge is -2.11. The molecule has 1 fully saturated rings. The largest absolute Gasteiger partial charge is 0.398 e. The van der Waals surface area contributed by atoms with Crippen molar-refractivity contribution in [1.29, 1.82) is 0 Å². The second-order valence-corrected chi connectivity index (χ2v) is 4.76. The highest BCUT2D eigenvalue weighted by Crippen LogP contribution is 2.24. The van der Waals surface area contributed by atoms with Crippen LogP contribution < -0.4 is 5.73 Å². The second kappa shape index (κ2) is 5.66. The normalized spacial score (nSPS) is 20.2. The van der Waals surface area contributed by atoms with Crippen molar-refractivity contribution in [2.24, 2.45) is 0 Å². The average molecular weight is 286 g/mol. The molecule has 1 aromatic rings. The predicted octanol–water partition coefficient (Wildman–Crippen LogP) is 2.73. The molecule has 3 nitrogen and oxygen atoms in total. The first-order valence-corrected chi connectivity index (χ1v) is 6.29. The van der Waals surface area contributed by atoms with Crippen LogP contribution in [0.5, 0.6) is 0 Å². The molecule has 0 aromatic heterocycles. The molecular formula is C12H16BrNO2. The Balaban J connectivity index is 1.82. The molecule has 0 saturated carbocycles. The molecule has 0 amide bonds. The number of rotatable bonds is 4. The number of benzene rings is 1. The van der Waals surface area contributed by atoms with Crippen LogP contribution in [-0.2, 0) is 16.1 Å². The van der Waals surface area contributed by atoms with E-state index in [4.69, 9.17) is 15.2 Å². The van der Waals surface area contributed by atoms with Crippen LogP contribution in [0.25, 0.3) is 0 Å². The van der Waals surface area contributed by atoms with Gasteiger partial charge >= 0.3 is 0 Å². The highest BCUT2D eigenvalue weighted by molar-refractivity contribution is 9.10. The van der Waals surface area contributed by atoms with E-state index in [9.17, 15) is 0 Å².